The van der Waals surface area contributed by atoms with E-state index in [1.165, 1.54) is 0 Å². The number of nitrogens with two attached hydrogens (primary N) is 1. The number of aromatic amines is 1. The fraction of sp³-hybridized carbons (Fsp3) is 0.480. The Hall–Kier alpha value is -3.58. The van der Waals surface area contributed by atoms with Crippen molar-refractivity contribution < 1.29 is 34.2 Å². The quantitative estimate of drug-likeness (QED) is 0.146. The van der Waals surface area contributed by atoms with E-state index in [9.17, 15) is 29.1 Å². The summed E-state index contributed by atoms with van der Waals surface area (Å²) in [5, 5.41) is 26.5. The molecule has 13 heteroatoms. The molecule has 0 radical (unpaired) electrons. The van der Waals surface area contributed by atoms with Crippen molar-refractivity contribution >= 4 is 53.2 Å². The predicted molar refractivity (Wildman–Crippen MR) is 144 cm³/mol. The Balaban J connectivity index is 2.04. The van der Waals surface area contributed by atoms with Crippen molar-refractivity contribution in [3.8, 4) is 0 Å². The van der Waals surface area contributed by atoms with Gasteiger partial charge in [-0.15, -0.1) is 0 Å². The van der Waals surface area contributed by atoms with Crippen molar-refractivity contribution in [2.24, 2.45) is 11.7 Å². The van der Waals surface area contributed by atoms with Crippen LogP contribution in [-0.2, 0) is 30.4 Å². The Bertz CT molecular complexity index is 1150. The van der Waals surface area contributed by atoms with Crippen LogP contribution in [0.4, 0.5) is 0 Å². The van der Waals surface area contributed by atoms with Crippen LogP contribution in [0.5, 0.6) is 0 Å². The SMILES string of the molecule is CC(C)CC(NC(=O)C(CS)NC(=O)C(N)Cc1c[nH]c2ccccc12)C(=O)NC(CCC(=O)O)C(=O)O. The van der Waals surface area contributed by atoms with Crippen molar-refractivity contribution in [3.05, 3.63) is 36.0 Å². The van der Waals surface area contributed by atoms with Gasteiger partial charge in [0.25, 0.3) is 0 Å². The molecule has 1 aromatic heterocycles. The van der Waals surface area contributed by atoms with Crippen LogP contribution >= 0.6 is 12.6 Å². The lowest BCUT2D eigenvalue weighted by Gasteiger charge is -2.25. The summed E-state index contributed by atoms with van der Waals surface area (Å²) in [5.74, 6) is -4.76. The van der Waals surface area contributed by atoms with Crippen LogP contribution < -0.4 is 21.7 Å². The average molecular weight is 550 g/mol. The van der Waals surface area contributed by atoms with Crippen LogP contribution in [0.1, 0.15) is 38.7 Å². The molecule has 0 saturated carbocycles. The van der Waals surface area contributed by atoms with Crippen LogP contribution in [-0.4, -0.2) is 74.8 Å². The highest BCUT2D eigenvalue weighted by Crippen LogP contribution is 2.18. The summed E-state index contributed by atoms with van der Waals surface area (Å²) in [6.45, 7) is 3.63. The summed E-state index contributed by atoms with van der Waals surface area (Å²) in [7, 11) is 0. The number of thiol groups is 1. The molecule has 38 heavy (non-hydrogen) atoms. The Labute approximate surface area is 225 Å². The number of rotatable bonds is 15. The van der Waals surface area contributed by atoms with E-state index in [2.05, 4.69) is 33.6 Å². The number of aromatic nitrogens is 1. The molecule has 1 aromatic carbocycles. The first-order valence-electron chi connectivity index (χ1n) is 12.2. The van der Waals surface area contributed by atoms with Crippen LogP contribution in [0, 0.1) is 5.92 Å². The standard InChI is InChI=1S/C25H35N5O7S/c1-13(2)9-19(23(34)28-18(25(36)37)7-8-21(31)32)29-24(35)20(12-38)30-22(33)16(26)10-14-11-27-17-6-4-3-5-15(14)17/h3-6,11,13,16,18-20,27,38H,7-10,12,26H2,1-2H3,(H,28,34)(H,29,35)(H,30,33)(H,31,32)(H,36,37). The van der Waals surface area contributed by atoms with Gasteiger partial charge < -0.3 is 36.9 Å². The number of carboxylic acids is 2. The summed E-state index contributed by atoms with van der Waals surface area (Å²) in [5.41, 5.74) is 7.86. The van der Waals surface area contributed by atoms with Crippen LogP contribution in [0.3, 0.4) is 0 Å². The van der Waals surface area contributed by atoms with Gasteiger partial charge in [-0.2, -0.15) is 12.6 Å². The number of nitrogens with one attached hydrogen (secondary N) is 4. The van der Waals surface area contributed by atoms with Crippen molar-refractivity contribution in [1.29, 1.82) is 0 Å². The lowest BCUT2D eigenvalue weighted by Crippen LogP contribution is -2.58. The monoisotopic (exact) mass is 549 g/mol. The number of carbonyl (C=O) groups excluding carboxylic acids is 3. The number of hydrogen-bond acceptors (Lipinski definition) is 7. The normalized spacial score (nSPS) is 14.3. The number of H-pyrrole nitrogens is 1. The molecule has 8 N–H and O–H groups in total. The zero-order valence-corrected chi connectivity index (χ0v) is 22.2. The Morgan fingerprint density at radius 2 is 1.55 bits per heavy atom. The van der Waals surface area contributed by atoms with E-state index in [0.717, 1.165) is 16.5 Å². The minimum atomic E-state index is -1.44. The second-order valence-electron chi connectivity index (χ2n) is 9.44. The van der Waals surface area contributed by atoms with E-state index in [4.69, 9.17) is 10.8 Å². The number of carbonyl (C=O) groups is 5. The molecule has 12 nitrogen and oxygen atoms in total. The zero-order chi connectivity index (χ0) is 28.4. The molecule has 0 saturated heterocycles. The molecule has 1 heterocycles. The molecular formula is C25H35N5O7S. The maximum Gasteiger partial charge on any atom is 0.326 e. The first-order valence-corrected chi connectivity index (χ1v) is 12.8. The van der Waals surface area contributed by atoms with Gasteiger partial charge in [0.05, 0.1) is 6.04 Å². The highest BCUT2D eigenvalue weighted by Gasteiger charge is 2.30. The molecule has 2 rings (SSSR count). The molecular weight excluding hydrogens is 514 g/mol. The van der Waals surface area contributed by atoms with Gasteiger partial charge in [-0.3, -0.25) is 19.2 Å². The smallest absolute Gasteiger partial charge is 0.326 e. The number of benzene rings is 1. The van der Waals surface area contributed by atoms with Gasteiger partial charge in [0.15, 0.2) is 0 Å². The predicted octanol–water partition coefficient (Wildman–Crippen LogP) is 0.417. The van der Waals surface area contributed by atoms with Crippen LogP contribution in [0.25, 0.3) is 10.9 Å². The van der Waals surface area contributed by atoms with Gasteiger partial charge in [-0.05, 0) is 36.8 Å². The van der Waals surface area contributed by atoms with Gasteiger partial charge >= 0.3 is 11.9 Å². The number of amides is 3. The van der Waals surface area contributed by atoms with E-state index < -0.39 is 60.2 Å². The third-order valence-electron chi connectivity index (χ3n) is 5.87. The molecule has 2 aromatic rings. The van der Waals surface area contributed by atoms with Gasteiger partial charge in [-0.25, -0.2) is 4.79 Å². The van der Waals surface area contributed by atoms with E-state index >= 15 is 0 Å². The minimum absolute atomic E-state index is 0.0537. The molecule has 0 aliphatic heterocycles. The third-order valence-corrected chi connectivity index (χ3v) is 6.23. The fourth-order valence-corrected chi connectivity index (χ4v) is 4.13. The van der Waals surface area contributed by atoms with Crippen molar-refractivity contribution in [3.63, 3.8) is 0 Å². The molecule has 0 aliphatic rings. The highest BCUT2D eigenvalue weighted by atomic mass is 32.1. The topological polar surface area (TPSA) is 204 Å². The Morgan fingerprint density at radius 1 is 0.947 bits per heavy atom. The van der Waals surface area contributed by atoms with E-state index in [1.807, 2.05) is 38.1 Å². The Morgan fingerprint density at radius 3 is 2.16 bits per heavy atom. The summed E-state index contributed by atoms with van der Waals surface area (Å²) < 4.78 is 0. The summed E-state index contributed by atoms with van der Waals surface area (Å²) in [4.78, 5) is 64.0. The summed E-state index contributed by atoms with van der Waals surface area (Å²) in [6.07, 6.45) is 1.40. The van der Waals surface area contributed by atoms with E-state index in [-0.39, 0.29) is 30.9 Å². The maximum atomic E-state index is 13.0. The first-order chi connectivity index (χ1) is 17.9. The molecule has 4 atom stereocenters. The van der Waals surface area contributed by atoms with Crippen LogP contribution in [0.2, 0.25) is 0 Å². The Kier molecular flexibility index (Phi) is 11.6. The average Bonchev–Trinajstić information content (AvgIpc) is 3.26. The van der Waals surface area contributed by atoms with E-state index in [1.54, 1.807) is 6.20 Å². The molecule has 3 amide bonds. The van der Waals surface area contributed by atoms with Gasteiger partial charge in [0, 0.05) is 29.3 Å². The minimum Gasteiger partial charge on any atom is -0.481 e. The molecule has 208 valence electrons. The summed E-state index contributed by atoms with van der Waals surface area (Å²) >= 11 is 4.15. The summed E-state index contributed by atoms with van der Waals surface area (Å²) in [6, 6.07) is 2.96. The van der Waals surface area contributed by atoms with Gasteiger partial charge in [0.2, 0.25) is 17.7 Å². The van der Waals surface area contributed by atoms with Gasteiger partial charge in [0.1, 0.15) is 18.1 Å². The molecule has 4 unspecified atom stereocenters. The maximum absolute atomic E-state index is 13.0. The number of aliphatic carboxylic acids is 2. The molecule has 0 fully saturated rings. The lowest BCUT2D eigenvalue weighted by molar-refractivity contribution is -0.143. The lowest BCUT2D eigenvalue weighted by atomic mass is 10.0. The fourth-order valence-electron chi connectivity index (χ4n) is 3.88. The third kappa shape index (κ3) is 9.06. The second kappa shape index (κ2) is 14.4. The van der Waals surface area contributed by atoms with E-state index in [0.29, 0.717) is 0 Å². The second-order valence-corrected chi connectivity index (χ2v) is 9.80. The van der Waals surface area contributed by atoms with Crippen molar-refractivity contribution in [2.75, 3.05) is 5.75 Å². The number of hydrogen-bond donors (Lipinski definition) is 8. The van der Waals surface area contributed by atoms with Gasteiger partial charge in [-0.1, -0.05) is 32.0 Å². The molecule has 0 aliphatic carbocycles. The number of carboxylic acid groups (broad SMARTS) is 2. The van der Waals surface area contributed by atoms with Crippen molar-refractivity contribution in [1.82, 2.24) is 20.9 Å². The number of fused-ring (bicyclic) bond motifs is 1. The highest BCUT2D eigenvalue weighted by molar-refractivity contribution is 7.80. The van der Waals surface area contributed by atoms with Crippen molar-refractivity contribution in [2.45, 2.75) is 63.7 Å². The zero-order valence-electron chi connectivity index (χ0n) is 21.3. The first kappa shape index (κ1) is 30.6. The largest absolute Gasteiger partial charge is 0.481 e. The molecule has 0 spiro atoms. The number of para-hydroxylation sites is 1. The molecule has 0 bridgehead atoms. The van der Waals surface area contributed by atoms with Crippen LogP contribution in [0.15, 0.2) is 30.5 Å².